The minimum Gasteiger partial charge on any atom is -0.493 e. The molecule has 1 atom stereocenters. The molecule has 0 fully saturated rings. The lowest BCUT2D eigenvalue weighted by molar-refractivity contribution is 0.0940. The third kappa shape index (κ3) is 3.33. The summed E-state index contributed by atoms with van der Waals surface area (Å²) in [5, 5.41) is 6.32. The SMILES string of the molecule is COc1cc(F)c(C(C)NC(=O)c2ccsc2)cc1OC. The third-order valence-corrected chi connectivity index (χ3v) is 3.78. The number of nitrogens with one attached hydrogen (secondary N) is 1. The number of halogens is 1. The summed E-state index contributed by atoms with van der Waals surface area (Å²) in [4.78, 5) is 12.0. The van der Waals surface area contributed by atoms with Crippen molar-refractivity contribution in [2.24, 2.45) is 0 Å². The van der Waals surface area contributed by atoms with Crippen LogP contribution in [0.3, 0.4) is 0 Å². The minimum absolute atomic E-state index is 0.238. The monoisotopic (exact) mass is 309 g/mol. The van der Waals surface area contributed by atoms with E-state index in [-0.39, 0.29) is 5.91 Å². The van der Waals surface area contributed by atoms with Crippen molar-refractivity contribution in [1.29, 1.82) is 0 Å². The summed E-state index contributed by atoms with van der Waals surface area (Å²) >= 11 is 1.43. The first kappa shape index (κ1) is 15.3. The fourth-order valence-corrected chi connectivity index (χ4v) is 2.59. The van der Waals surface area contributed by atoms with E-state index in [9.17, 15) is 9.18 Å². The molecule has 1 aromatic heterocycles. The van der Waals surface area contributed by atoms with E-state index in [4.69, 9.17) is 9.47 Å². The fraction of sp³-hybridized carbons (Fsp3) is 0.267. The molecule has 6 heteroatoms. The first-order chi connectivity index (χ1) is 10.1. The van der Waals surface area contributed by atoms with E-state index >= 15 is 0 Å². The molecule has 0 aliphatic rings. The highest BCUT2D eigenvalue weighted by atomic mass is 32.1. The molecule has 21 heavy (non-hydrogen) atoms. The highest BCUT2D eigenvalue weighted by Crippen LogP contribution is 2.32. The van der Waals surface area contributed by atoms with Gasteiger partial charge in [0.25, 0.3) is 5.91 Å². The molecule has 0 bridgehead atoms. The minimum atomic E-state index is -0.489. The molecule has 1 unspecified atom stereocenters. The van der Waals surface area contributed by atoms with Crippen molar-refractivity contribution in [2.45, 2.75) is 13.0 Å². The summed E-state index contributed by atoms with van der Waals surface area (Å²) in [6.07, 6.45) is 0. The number of hydrogen-bond acceptors (Lipinski definition) is 4. The van der Waals surface area contributed by atoms with E-state index in [1.54, 1.807) is 18.4 Å². The summed E-state index contributed by atoms with van der Waals surface area (Å²) in [7, 11) is 2.92. The van der Waals surface area contributed by atoms with Crippen molar-refractivity contribution in [3.63, 3.8) is 0 Å². The molecule has 0 saturated heterocycles. The maximum atomic E-state index is 14.1. The predicted molar refractivity (Wildman–Crippen MR) is 79.7 cm³/mol. The van der Waals surface area contributed by atoms with E-state index in [1.165, 1.54) is 37.7 Å². The topological polar surface area (TPSA) is 47.6 Å². The molecule has 4 nitrogen and oxygen atoms in total. The largest absolute Gasteiger partial charge is 0.493 e. The number of rotatable bonds is 5. The molecular formula is C15H16FNO3S. The Hall–Kier alpha value is -2.08. The molecule has 2 aromatic rings. The average Bonchev–Trinajstić information content (AvgIpc) is 3.00. The van der Waals surface area contributed by atoms with Gasteiger partial charge in [-0.05, 0) is 24.4 Å². The summed E-state index contributed by atoms with van der Waals surface area (Å²) in [5.41, 5.74) is 0.906. The zero-order valence-electron chi connectivity index (χ0n) is 12.0. The van der Waals surface area contributed by atoms with Gasteiger partial charge in [-0.1, -0.05) is 0 Å². The van der Waals surface area contributed by atoms with Gasteiger partial charge in [-0.2, -0.15) is 11.3 Å². The zero-order chi connectivity index (χ0) is 15.4. The highest BCUT2D eigenvalue weighted by Gasteiger charge is 2.18. The number of ether oxygens (including phenoxy) is 2. The van der Waals surface area contributed by atoms with Gasteiger partial charge in [0.15, 0.2) is 11.5 Å². The molecule has 0 aliphatic heterocycles. The van der Waals surface area contributed by atoms with Crippen LogP contribution in [0.15, 0.2) is 29.0 Å². The molecular weight excluding hydrogens is 293 g/mol. The molecule has 2 rings (SSSR count). The second kappa shape index (κ2) is 6.58. The van der Waals surface area contributed by atoms with Crippen molar-refractivity contribution < 1.29 is 18.7 Å². The summed E-state index contributed by atoms with van der Waals surface area (Å²) in [6, 6.07) is 4.02. The van der Waals surface area contributed by atoms with Gasteiger partial charge in [-0.15, -0.1) is 0 Å². The zero-order valence-corrected chi connectivity index (χ0v) is 12.8. The smallest absolute Gasteiger partial charge is 0.252 e. The second-order valence-electron chi connectivity index (χ2n) is 4.44. The van der Waals surface area contributed by atoms with Crippen LogP contribution in [0.5, 0.6) is 11.5 Å². The maximum absolute atomic E-state index is 14.1. The molecule has 0 aliphatic carbocycles. The number of carbonyl (C=O) groups excluding carboxylic acids is 1. The van der Waals surface area contributed by atoms with Crippen LogP contribution >= 0.6 is 11.3 Å². The lowest BCUT2D eigenvalue weighted by atomic mass is 10.1. The molecule has 1 heterocycles. The van der Waals surface area contributed by atoms with Crippen LogP contribution in [0.2, 0.25) is 0 Å². The predicted octanol–water partition coefficient (Wildman–Crippen LogP) is 3.40. The van der Waals surface area contributed by atoms with Crippen LogP contribution in [-0.2, 0) is 0 Å². The Kier molecular flexibility index (Phi) is 4.80. The Bertz CT molecular complexity index is 628. The molecule has 0 radical (unpaired) electrons. The Morgan fingerprint density at radius 1 is 1.29 bits per heavy atom. The molecule has 0 spiro atoms. The van der Waals surface area contributed by atoms with Crippen LogP contribution in [0.1, 0.15) is 28.9 Å². The van der Waals surface area contributed by atoms with Crippen molar-refractivity contribution in [3.8, 4) is 11.5 Å². The van der Waals surface area contributed by atoms with Gasteiger partial charge >= 0.3 is 0 Å². The van der Waals surface area contributed by atoms with Gasteiger partial charge < -0.3 is 14.8 Å². The summed E-state index contributed by atoms with van der Waals surface area (Å²) in [5.74, 6) is 0.0457. The number of hydrogen-bond donors (Lipinski definition) is 1. The Morgan fingerprint density at radius 3 is 2.52 bits per heavy atom. The van der Waals surface area contributed by atoms with E-state index < -0.39 is 11.9 Å². The van der Waals surface area contributed by atoms with Gasteiger partial charge in [0, 0.05) is 17.0 Å². The Labute approximate surface area is 126 Å². The van der Waals surface area contributed by atoms with Crippen molar-refractivity contribution in [3.05, 3.63) is 45.9 Å². The number of benzene rings is 1. The molecule has 112 valence electrons. The number of amides is 1. The second-order valence-corrected chi connectivity index (χ2v) is 5.22. The maximum Gasteiger partial charge on any atom is 0.252 e. The van der Waals surface area contributed by atoms with Crippen LogP contribution in [-0.4, -0.2) is 20.1 Å². The van der Waals surface area contributed by atoms with Crippen molar-refractivity contribution >= 4 is 17.2 Å². The normalized spacial score (nSPS) is 11.8. The van der Waals surface area contributed by atoms with E-state index in [0.717, 1.165) is 0 Å². The number of methoxy groups -OCH3 is 2. The van der Waals surface area contributed by atoms with Gasteiger partial charge in [0.1, 0.15) is 5.82 Å². The van der Waals surface area contributed by atoms with Crippen LogP contribution in [0.4, 0.5) is 4.39 Å². The van der Waals surface area contributed by atoms with Crippen molar-refractivity contribution in [2.75, 3.05) is 14.2 Å². The van der Waals surface area contributed by atoms with Crippen LogP contribution in [0.25, 0.3) is 0 Å². The van der Waals surface area contributed by atoms with Gasteiger partial charge in [-0.3, -0.25) is 4.79 Å². The first-order valence-electron chi connectivity index (χ1n) is 6.31. The van der Waals surface area contributed by atoms with E-state index in [0.29, 0.717) is 22.6 Å². The first-order valence-corrected chi connectivity index (χ1v) is 7.25. The Morgan fingerprint density at radius 2 is 1.95 bits per heavy atom. The molecule has 1 aromatic carbocycles. The van der Waals surface area contributed by atoms with E-state index in [1.807, 2.05) is 5.38 Å². The van der Waals surface area contributed by atoms with E-state index in [2.05, 4.69) is 5.32 Å². The molecule has 0 saturated carbocycles. The number of thiophene rings is 1. The van der Waals surface area contributed by atoms with Gasteiger partial charge in [-0.25, -0.2) is 4.39 Å². The van der Waals surface area contributed by atoms with Crippen LogP contribution in [0, 0.1) is 5.82 Å². The highest BCUT2D eigenvalue weighted by molar-refractivity contribution is 7.08. The standard InChI is InChI=1S/C15H16FNO3S/c1-9(17-15(18)10-4-5-21-8-10)11-6-13(19-2)14(20-3)7-12(11)16/h4-9H,1-3H3,(H,17,18). The third-order valence-electron chi connectivity index (χ3n) is 3.10. The molecule has 1 N–H and O–H groups in total. The summed E-state index contributed by atoms with van der Waals surface area (Å²) in [6.45, 7) is 1.72. The van der Waals surface area contributed by atoms with Gasteiger partial charge in [0.05, 0.1) is 25.8 Å². The Balaban J connectivity index is 2.22. The number of carbonyl (C=O) groups is 1. The lowest BCUT2D eigenvalue weighted by Crippen LogP contribution is -2.26. The van der Waals surface area contributed by atoms with Crippen molar-refractivity contribution in [1.82, 2.24) is 5.32 Å². The average molecular weight is 309 g/mol. The van der Waals surface area contributed by atoms with Gasteiger partial charge in [0.2, 0.25) is 0 Å². The lowest BCUT2D eigenvalue weighted by Gasteiger charge is -2.17. The quantitative estimate of drug-likeness (QED) is 0.921. The fourth-order valence-electron chi connectivity index (χ4n) is 1.95. The summed E-state index contributed by atoms with van der Waals surface area (Å²) < 4.78 is 24.3. The molecule has 1 amide bonds. The van der Waals surface area contributed by atoms with Crippen LogP contribution < -0.4 is 14.8 Å².